The number of anilines is 1. The molecular weight excluding hydrogens is 298 g/mol. The standard InChI is InChI=1S/C19H27N5/c1-4-24(5-2)18-12-11-17(14-21-18)15-23-19(20-3)22-13-16-9-7-6-8-10-16/h6-12,14H,4-5,13,15H2,1-3H3,(H2,20,22,23). The van der Waals surface area contributed by atoms with Gasteiger partial charge < -0.3 is 15.5 Å². The molecule has 128 valence electrons. The van der Waals surface area contributed by atoms with E-state index < -0.39 is 0 Å². The zero-order valence-electron chi connectivity index (χ0n) is 14.8. The average Bonchev–Trinajstić information content (AvgIpc) is 2.65. The first-order valence-corrected chi connectivity index (χ1v) is 8.45. The van der Waals surface area contributed by atoms with Crippen molar-refractivity contribution in [3.8, 4) is 0 Å². The van der Waals surface area contributed by atoms with E-state index >= 15 is 0 Å². The predicted octanol–water partition coefficient (Wildman–Crippen LogP) is 2.79. The Hall–Kier alpha value is -2.56. The number of hydrogen-bond acceptors (Lipinski definition) is 3. The summed E-state index contributed by atoms with van der Waals surface area (Å²) in [5.41, 5.74) is 2.36. The highest BCUT2D eigenvalue weighted by Crippen LogP contribution is 2.10. The Balaban J connectivity index is 1.84. The van der Waals surface area contributed by atoms with Crippen LogP contribution in [-0.2, 0) is 13.1 Å². The lowest BCUT2D eigenvalue weighted by atomic mass is 10.2. The molecule has 2 aromatic rings. The molecule has 0 saturated heterocycles. The van der Waals surface area contributed by atoms with E-state index in [9.17, 15) is 0 Å². The number of aromatic nitrogens is 1. The zero-order valence-corrected chi connectivity index (χ0v) is 14.8. The van der Waals surface area contributed by atoms with Crippen LogP contribution in [0.4, 0.5) is 5.82 Å². The monoisotopic (exact) mass is 325 g/mol. The van der Waals surface area contributed by atoms with Gasteiger partial charge in [-0.15, -0.1) is 0 Å². The Morgan fingerprint density at radius 2 is 1.62 bits per heavy atom. The van der Waals surface area contributed by atoms with Crippen molar-refractivity contribution in [3.05, 3.63) is 59.8 Å². The van der Waals surface area contributed by atoms with Crippen molar-refractivity contribution in [2.75, 3.05) is 25.0 Å². The number of pyridine rings is 1. The summed E-state index contributed by atoms with van der Waals surface area (Å²) in [6.07, 6.45) is 1.92. The van der Waals surface area contributed by atoms with Gasteiger partial charge in [0.25, 0.3) is 0 Å². The highest BCUT2D eigenvalue weighted by atomic mass is 15.2. The predicted molar refractivity (Wildman–Crippen MR) is 101 cm³/mol. The molecule has 1 heterocycles. The van der Waals surface area contributed by atoms with Crippen molar-refractivity contribution in [1.29, 1.82) is 0 Å². The van der Waals surface area contributed by atoms with Crippen LogP contribution in [-0.4, -0.2) is 31.1 Å². The largest absolute Gasteiger partial charge is 0.357 e. The summed E-state index contributed by atoms with van der Waals surface area (Å²) in [6, 6.07) is 14.5. The number of nitrogens with zero attached hydrogens (tertiary/aromatic N) is 3. The lowest BCUT2D eigenvalue weighted by Gasteiger charge is -2.19. The second-order valence-corrected chi connectivity index (χ2v) is 5.46. The third-order valence-corrected chi connectivity index (χ3v) is 3.88. The Morgan fingerprint density at radius 3 is 2.17 bits per heavy atom. The Morgan fingerprint density at radius 1 is 0.958 bits per heavy atom. The van der Waals surface area contributed by atoms with Gasteiger partial charge in [0.15, 0.2) is 5.96 Å². The molecule has 0 aliphatic rings. The van der Waals surface area contributed by atoms with Crippen molar-refractivity contribution in [2.24, 2.45) is 4.99 Å². The number of benzene rings is 1. The second-order valence-electron chi connectivity index (χ2n) is 5.46. The normalized spacial score (nSPS) is 11.2. The molecule has 5 nitrogen and oxygen atoms in total. The molecule has 1 aromatic carbocycles. The zero-order chi connectivity index (χ0) is 17.2. The summed E-state index contributed by atoms with van der Waals surface area (Å²) >= 11 is 0. The fraction of sp³-hybridized carbons (Fsp3) is 0.368. The van der Waals surface area contributed by atoms with Crippen LogP contribution in [0, 0.1) is 0 Å². The Kier molecular flexibility index (Phi) is 7.08. The second kappa shape index (κ2) is 9.55. The first-order chi connectivity index (χ1) is 11.8. The van der Waals surface area contributed by atoms with E-state index in [1.165, 1.54) is 5.56 Å². The van der Waals surface area contributed by atoms with Crippen LogP contribution in [0.15, 0.2) is 53.7 Å². The van der Waals surface area contributed by atoms with Crippen molar-refractivity contribution in [3.63, 3.8) is 0 Å². The summed E-state index contributed by atoms with van der Waals surface area (Å²) in [7, 11) is 1.78. The number of hydrogen-bond donors (Lipinski definition) is 2. The molecule has 0 bridgehead atoms. The molecule has 5 heteroatoms. The number of aliphatic imine (C=N–C) groups is 1. The third kappa shape index (κ3) is 5.26. The highest BCUT2D eigenvalue weighted by Gasteiger charge is 2.04. The molecule has 0 fully saturated rings. The van der Waals surface area contributed by atoms with E-state index in [0.29, 0.717) is 6.54 Å². The molecule has 0 amide bonds. The molecule has 0 saturated carbocycles. The van der Waals surface area contributed by atoms with Gasteiger partial charge in [0, 0.05) is 39.4 Å². The van der Waals surface area contributed by atoms with Crippen LogP contribution in [0.5, 0.6) is 0 Å². The summed E-state index contributed by atoms with van der Waals surface area (Å²) in [4.78, 5) is 11.0. The molecule has 2 rings (SSSR count). The topological polar surface area (TPSA) is 52.5 Å². The van der Waals surface area contributed by atoms with E-state index in [2.05, 4.69) is 63.6 Å². The number of rotatable bonds is 7. The summed E-state index contributed by atoms with van der Waals surface area (Å²) in [5.74, 6) is 1.81. The molecule has 0 aliphatic carbocycles. The van der Waals surface area contributed by atoms with Gasteiger partial charge in [-0.25, -0.2) is 4.98 Å². The van der Waals surface area contributed by atoms with Crippen molar-refractivity contribution in [1.82, 2.24) is 15.6 Å². The quantitative estimate of drug-likeness (QED) is 0.607. The molecule has 0 atom stereocenters. The molecule has 0 aliphatic heterocycles. The molecule has 24 heavy (non-hydrogen) atoms. The fourth-order valence-corrected chi connectivity index (χ4v) is 2.44. The first kappa shape index (κ1) is 17.8. The summed E-state index contributed by atoms with van der Waals surface area (Å²) in [6.45, 7) is 7.67. The van der Waals surface area contributed by atoms with Crippen molar-refractivity contribution < 1.29 is 0 Å². The average molecular weight is 325 g/mol. The number of guanidine groups is 1. The lowest BCUT2D eigenvalue weighted by molar-refractivity contribution is 0.803. The van der Waals surface area contributed by atoms with E-state index in [0.717, 1.165) is 37.0 Å². The van der Waals surface area contributed by atoms with Crippen LogP contribution in [0.2, 0.25) is 0 Å². The van der Waals surface area contributed by atoms with Gasteiger partial charge in [-0.1, -0.05) is 36.4 Å². The Bertz CT molecular complexity index is 618. The van der Waals surface area contributed by atoms with Crippen molar-refractivity contribution in [2.45, 2.75) is 26.9 Å². The summed E-state index contributed by atoms with van der Waals surface area (Å²) in [5, 5.41) is 6.63. The van der Waals surface area contributed by atoms with Crippen LogP contribution in [0.25, 0.3) is 0 Å². The van der Waals surface area contributed by atoms with Crippen LogP contribution >= 0.6 is 0 Å². The molecule has 2 N–H and O–H groups in total. The minimum Gasteiger partial charge on any atom is -0.357 e. The minimum absolute atomic E-state index is 0.694. The molecule has 0 spiro atoms. The smallest absolute Gasteiger partial charge is 0.191 e. The highest BCUT2D eigenvalue weighted by molar-refractivity contribution is 5.79. The SMILES string of the molecule is CCN(CC)c1ccc(CNC(=NC)NCc2ccccc2)cn1. The molecule has 0 unspecified atom stereocenters. The first-order valence-electron chi connectivity index (χ1n) is 8.45. The van der Waals surface area contributed by atoms with Gasteiger partial charge in [-0.2, -0.15) is 0 Å². The van der Waals surface area contributed by atoms with Gasteiger partial charge in [0.1, 0.15) is 5.82 Å². The maximum atomic E-state index is 4.54. The van der Waals surface area contributed by atoms with Gasteiger partial charge in [-0.05, 0) is 31.0 Å². The van der Waals surface area contributed by atoms with E-state index in [4.69, 9.17) is 0 Å². The molecular formula is C19H27N5. The van der Waals surface area contributed by atoms with Gasteiger partial charge >= 0.3 is 0 Å². The van der Waals surface area contributed by atoms with Gasteiger partial charge in [-0.3, -0.25) is 4.99 Å². The van der Waals surface area contributed by atoms with Crippen LogP contribution in [0.1, 0.15) is 25.0 Å². The van der Waals surface area contributed by atoms with Gasteiger partial charge in [0.05, 0.1) is 0 Å². The number of nitrogens with one attached hydrogen (secondary N) is 2. The van der Waals surface area contributed by atoms with Gasteiger partial charge in [0.2, 0.25) is 0 Å². The maximum absolute atomic E-state index is 4.54. The molecule has 1 aromatic heterocycles. The maximum Gasteiger partial charge on any atom is 0.191 e. The fourth-order valence-electron chi connectivity index (χ4n) is 2.44. The van der Waals surface area contributed by atoms with E-state index in [1.54, 1.807) is 7.05 Å². The van der Waals surface area contributed by atoms with Crippen LogP contribution < -0.4 is 15.5 Å². The lowest BCUT2D eigenvalue weighted by Crippen LogP contribution is -2.36. The van der Waals surface area contributed by atoms with E-state index in [-0.39, 0.29) is 0 Å². The minimum atomic E-state index is 0.694. The molecule has 0 radical (unpaired) electrons. The van der Waals surface area contributed by atoms with Crippen molar-refractivity contribution >= 4 is 11.8 Å². The van der Waals surface area contributed by atoms with Crippen LogP contribution in [0.3, 0.4) is 0 Å². The summed E-state index contributed by atoms with van der Waals surface area (Å²) < 4.78 is 0. The van der Waals surface area contributed by atoms with E-state index in [1.807, 2.05) is 24.4 Å². The Labute approximate surface area is 144 Å². The third-order valence-electron chi connectivity index (χ3n) is 3.88.